The van der Waals surface area contributed by atoms with Crippen LogP contribution in [-0.4, -0.2) is 14.7 Å². The molecule has 0 amide bonds. The summed E-state index contributed by atoms with van der Waals surface area (Å²) in [5.41, 5.74) is 7.53. The van der Waals surface area contributed by atoms with E-state index in [1.165, 1.54) is 6.26 Å². The molecular weight excluding hydrogens is 222 g/mol. The molecule has 88 valence electrons. The molecule has 0 radical (unpaired) electrons. The fourth-order valence-electron chi connectivity index (χ4n) is 2.48. The second-order valence-electron chi connectivity index (χ2n) is 4.48. The molecule has 2 rings (SSSR count). The summed E-state index contributed by atoms with van der Waals surface area (Å²) in [6.07, 6.45) is 3.76. The monoisotopic (exact) mass is 239 g/mol. The highest BCUT2D eigenvalue weighted by molar-refractivity contribution is 7.91. The van der Waals surface area contributed by atoms with Crippen LogP contribution in [0.4, 0.5) is 0 Å². The molecule has 0 aromatic heterocycles. The number of hydrogen-bond donors (Lipinski definition) is 1. The molecule has 0 aliphatic heterocycles. The number of nitrogens with two attached hydrogens (primary N) is 1. The molecule has 1 saturated carbocycles. The van der Waals surface area contributed by atoms with Crippen molar-refractivity contribution in [3.8, 4) is 0 Å². The van der Waals surface area contributed by atoms with Crippen LogP contribution in [0.25, 0.3) is 0 Å². The van der Waals surface area contributed by atoms with E-state index in [4.69, 9.17) is 5.73 Å². The molecule has 1 fully saturated rings. The Kier molecular flexibility index (Phi) is 2.80. The molecule has 0 bridgehead atoms. The van der Waals surface area contributed by atoms with E-state index in [0.29, 0.717) is 6.54 Å². The first-order valence-electron chi connectivity index (χ1n) is 5.49. The van der Waals surface area contributed by atoms with E-state index in [2.05, 4.69) is 0 Å². The van der Waals surface area contributed by atoms with Crippen molar-refractivity contribution in [2.75, 3.05) is 6.26 Å². The molecule has 1 aliphatic carbocycles. The quantitative estimate of drug-likeness (QED) is 0.871. The fraction of sp³-hybridized carbons (Fsp3) is 0.500. The maximum absolute atomic E-state index is 12.0. The van der Waals surface area contributed by atoms with Crippen LogP contribution in [0.15, 0.2) is 24.3 Å². The summed E-state index contributed by atoms with van der Waals surface area (Å²) in [7, 11) is -3.07. The van der Waals surface area contributed by atoms with Gasteiger partial charge in [0, 0.05) is 12.8 Å². The highest BCUT2D eigenvalue weighted by atomic mass is 32.2. The van der Waals surface area contributed by atoms with Crippen LogP contribution in [0.2, 0.25) is 0 Å². The summed E-state index contributed by atoms with van der Waals surface area (Å²) in [6.45, 7) is 0.396. The lowest BCUT2D eigenvalue weighted by molar-refractivity contribution is 0.344. The molecule has 2 N–H and O–H groups in total. The van der Waals surface area contributed by atoms with Crippen molar-refractivity contribution in [3.05, 3.63) is 35.4 Å². The van der Waals surface area contributed by atoms with Crippen molar-refractivity contribution in [3.63, 3.8) is 0 Å². The molecule has 1 aromatic carbocycles. The summed E-state index contributed by atoms with van der Waals surface area (Å²) in [5.74, 6) is 0. The highest BCUT2D eigenvalue weighted by Gasteiger charge is 2.48. The van der Waals surface area contributed by atoms with Gasteiger partial charge in [0.15, 0.2) is 9.84 Å². The Bertz CT molecular complexity index is 489. The van der Waals surface area contributed by atoms with Gasteiger partial charge in [-0.1, -0.05) is 24.3 Å². The molecule has 3 nitrogen and oxygen atoms in total. The van der Waals surface area contributed by atoms with Crippen LogP contribution in [0, 0.1) is 0 Å². The molecule has 0 heterocycles. The zero-order chi connectivity index (χ0) is 11.8. The van der Waals surface area contributed by atoms with Crippen LogP contribution < -0.4 is 5.73 Å². The predicted octanol–water partition coefficient (Wildman–Crippen LogP) is 1.57. The van der Waals surface area contributed by atoms with Crippen LogP contribution >= 0.6 is 0 Å². The van der Waals surface area contributed by atoms with Gasteiger partial charge in [-0.25, -0.2) is 8.42 Å². The summed E-state index contributed by atoms with van der Waals surface area (Å²) < 4.78 is 23.3. The second-order valence-corrected chi connectivity index (χ2v) is 6.81. The van der Waals surface area contributed by atoms with Gasteiger partial charge in [0.25, 0.3) is 0 Å². The van der Waals surface area contributed by atoms with Crippen molar-refractivity contribution >= 4 is 9.84 Å². The minimum absolute atomic E-state index is 0.396. The van der Waals surface area contributed by atoms with E-state index in [9.17, 15) is 8.42 Å². The van der Waals surface area contributed by atoms with Gasteiger partial charge in [-0.05, 0) is 30.4 Å². The van der Waals surface area contributed by atoms with Crippen molar-refractivity contribution in [2.24, 2.45) is 5.73 Å². The Balaban J connectivity index is 2.58. The minimum atomic E-state index is -3.07. The molecule has 1 aromatic rings. The zero-order valence-electron chi connectivity index (χ0n) is 9.44. The molecular formula is C12H17NO2S. The van der Waals surface area contributed by atoms with Gasteiger partial charge in [-0.15, -0.1) is 0 Å². The summed E-state index contributed by atoms with van der Waals surface area (Å²) >= 11 is 0. The van der Waals surface area contributed by atoms with Crippen molar-refractivity contribution in [1.29, 1.82) is 0 Å². The average Bonchev–Trinajstić information content (AvgIpc) is 2.14. The predicted molar refractivity (Wildman–Crippen MR) is 64.7 cm³/mol. The third kappa shape index (κ3) is 1.57. The number of benzene rings is 1. The van der Waals surface area contributed by atoms with E-state index in [0.717, 1.165) is 30.4 Å². The number of sulfone groups is 1. The molecule has 4 heteroatoms. The van der Waals surface area contributed by atoms with Gasteiger partial charge >= 0.3 is 0 Å². The number of rotatable bonds is 3. The van der Waals surface area contributed by atoms with Crippen LogP contribution in [0.5, 0.6) is 0 Å². The van der Waals surface area contributed by atoms with E-state index in [-0.39, 0.29) is 0 Å². The van der Waals surface area contributed by atoms with Gasteiger partial charge in [0.1, 0.15) is 0 Å². The number of hydrogen-bond acceptors (Lipinski definition) is 3. The van der Waals surface area contributed by atoms with E-state index in [1.807, 2.05) is 24.3 Å². The van der Waals surface area contributed by atoms with Crippen molar-refractivity contribution in [1.82, 2.24) is 0 Å². The van der Waals surface area contributed by atoms with Gasteiger partial charge in [0.05, 0.1) is 4.75 Å². The second kappa shape index (κ2) is 3.86. The Labute approximate surface area is 96.6 Å². The SMILES string of the molecule is CS(=O)(=O)C1(c2ccccc2CN)CCC1. The molecule has 0 spiro atoms. The molecule has 1 aliphatic rings. The Morgan fingerprint density at radius 1 is 1.31 bits per heavy atom. The van der Waals surface area contributed by atoms with E-state index >= 15 is 0 Å². The summed E-state index contributed by atoms with van der Waals surface area (Å²) in [4.78, 5) is 0. The van der Waals surface area contributed by atoms with Crippen LogP contribution in [0.1, 0.15) is 30.4 Å². The fourth-order valence-corrected chi connectivity index (χ4v) is 4.11. The first kappa shape index (κ1) is 11.6. The smallest absolute Gasteiger partial charge is 0.157 e. The lowest BCUT2D eigenvalue weighted by Crippen LogP contribution is -2.42. The van der Waals surface area contributed by atoms with E-state index < -0.39 is 14.6 Å². The first-order chi connectivity index (χ1) is 7.51. The third-order valence-corrected chi connectivity index (χ3v) is 5.65. The summed E-state index contributed by atoms with van der Waals surface area (Å²) in [6, 6.07) is 7.61. The first-order valence-corrected chi connectivity index (χ1v) is 7.38. The van der Waals surface area contributed by atoms with E-state index in [1.54, 1.807) is 0 Å². The minimum Gasteiger partial charge on any atom is -0.326 e. The van der Waals surface area contributed by atoms with Gasteiger partial charge in [-0.3, -0.25) is 0 Å². The maximum atomic E-state index is 12.0. The van der Waals surface area contributed by atoms with Crippen molar-refractivity contribution < 1.29 is 8.42 Å². The maximum Gasteiger partial charge on any atom is 0.157 e. The molecule has 0 unspecified atom stereocenters. The Hall–Kier alpha value is -0.870. The Morgan fingerprint density at radius 3 is 2.38 bits per heavy atom. The van der Waals surface area contributed by atoms with Crippen molar-refractivity contribution in [2.45, 2.75) is 30.6 Å². The zero-order valence-corrected chi connectivity index (χ0v) is 10.3. The Morgan fingerprint density at radius 2 is 1.94 bits per heavy atom. The lowest BCUT2D eigenvalue weighted by atomic mass is 9.77. The van der Waals surface area contributed by atoms with Gasteiger partial charge in [0.2, 0.25) is 0 Å². The average molecular weight is 239 g/mol. The van der Waals surface area contributed by atoms with Crippen LogP contribution in [-0.2, 0) is 21.1 Å². The van der Waals surface area contributed by atoms with Gasteiger partial charge in [-0.2, -0.15) is 0 Å². The van der Waals surface area contributed by atoms with Gasteiger partial charge < -0.3 is 5.73 Å². The molecule has 0 saturated heterocycles. The molecule has 16 heavy (non-hydrogen) atoms. The summed E-state index contributed by atoms with van der Waals surface area (Å²) in [5, 5.41) is 0. The van der Waals surface area contributed by atoms with Crippen LogP contribution in [0.3, 0.4) is 0 Å². The molecule has 0 atom stereocenters. The largest absolute Gasteiger partial charge is 0.326 e. The standard InChI is InChI=1S/C12H17NO2S/c1-16(14,15)12(7-4-8-12)11-6-3-2-5-10(11)9-13/h2-3,5-6H,4,7-9,13H2,1H3. The third-order valence-electron chi connectivity index (χ3n) is 3.60. The topological polar surface area (TPSA) is 60.2 Å². The highest BCUT2D eigenvalue weighted by Crippen LogP contribution is 2.48. The normalized spacial score (nSPS) is 19.1. The lowest BCUT2D eigenvalue weighted by Gasteiger charge is -2.41.